The predicted molar refractivity (Wildman–Crippen MR) is 207 cm³/mol. The molecule has 0 saturated carbocycles. The maximum absolute atomic E-state index is 6.75. The second-order valence-corrected chi connectivity index (χ2v) is 22.6. The highest BCUT2D eigenvalue weighted by atomic mass is 31.2. The van der Waals surface area contributed by atoms with Crippen molar-refractivity contribution in [2.45, 2.75) is 130 Å². The summed E-state index contributed by atoms with van der Waals surface area (Å²) in [6, 6.07) is 34.3. The Bertz CT molecular complexity index is 1030. The van der Waals surface area contributed by atoms with Crippen LogP contribution in [0.25, 0.3) is 0 Å². The quantitative estimate of drug-likeness (QED) is 0.0535. The molecule has 2 atom stereocenters. The molecule has 3 aromatic carbocycles. The summed E-state index contributed by atoms with van der Waals surface area (Å²) in [5.41, 5.74) is 0. The van der Waals surface area contributed by atoms with Gasteiger partial charge in [-0.3, -0.25) is 0 Å². The molecule has 0 saturated heterocycles. The number of rotatable bonds is 24. The van der Waals surface area contributed by atoms with Crippen molar-refractivity contribution in [2.24, 2.45) is 11.8 Å². The largest absolute Gasteiger partial charge is 0.417 e. The Morgan fingerprint density at radius 1 is 0.533 bits per heavy atom. The van der Waals surface area contributed by atoms with Crippen molar-refractivity contribution in [3.8, 4) is 0 Å². The molecule has 0 N–H and O–H groups in total. The second kappa shape index (κ2) is 21.2. The van der Waals surface area contributed by atoms with Crippen molar-refractivity contribution in [1.29, 1.82) is 0 Å². The standard InChI is InChI=1S/C42H66OPSi/c1-6-7-8-9-10-11-12-13-14-15-16-17-18-22-29-38(2)39(36-43-45(3,4)5)37-44(40-30-23-19-24-31-40,41-32-25-20-26-33-41)42-34-27-21-28-35-42/h19-21,23-28,30-35,38-39H,6-18,22,29,36-37H2,1-5H3/q+1/t38-,39+/m0/s1. The van der Waals surface area contributed by atoms with Crippen LogP contribution in [0.1, 0.15) is 110 Å². The molecule has 0 amide bonds. The van der Waals surface area contributed by atoms with E-state index in [1.807, 2.05) is 0 Å². The molecule has 0 aromatic heterocycles. The normalized spacial score (nSPS) is 13.5. The van der Waals surface area contributed by atoms with Gasteiger partial charge in [0.15, 0.2) is 8.32 Å². The summed E-state index contributed by atoms with van der Waals surface area (Å²) in [6.07, 6.45) is 22.3. The molecule has 248 valence electrons. The number of benzene rings is 3. The molecule has 0 aliphatic rings. The van der Waals surface area contributed by atoms with E-state index in [-0.39, 0.29) is 0 Å². The first-order chi connectivity index (χ1) is 21.9. The highest BCUT2D eigenvalue weighted by Crippen LogP contribution is 2.57. The van der Waals surface area contributed by atoms with E-state index in [0.717, 1.165) is 12.8 Å². The van der Waals surface area contributed by atoms with Gasteiger partial charge >= 0.3 is 0 Å². The zero-order valence-electron chi connectivity index (χ0n) is 29.7. The van der Waals surface area contributed by atoms with Crippen molar-refractivity contribution in [3.05, 3.63) is 91.0 Å². The molecule has 0 fully saturated rings. The molecular formula is C42H66OPSi+. The van der Waals surface area contributed by atoms with E-state index < -0.39 is 15.6 Å². The average molecular weight is 646 g/mol. The molecule has 0 bridgehead atoms. The van der Waals surface area contributed by atoms with Gasteiger partial charge < -0.3 is 4.43 Å². The number of unbranched alkanes of at least 4 members (excludes halogenated alkanes) is 13. The van der Waals surface area contributed by atoms with Crippen LogP contribution in [-0.4, -0.2) is 21.1 Å². The minimum Gasteiger partial charge on any atom is -0.417 e. The third-order valence-corrected chi connectivity index (χ3v) is 15.2. The highest BCUT2D eigenvalue weighted by Gasteiger charge is 2.47. The molecule has 0 aliphatic heterocycles. The molecule has 45 heavy (non-hydrogen) atoms. The summed E-state index contributed by atoms with van der Waals surface area (Å²) in [5.74, 6) is 1.15. The van der Waals surface area contributed by atoms with Crippen molar-refractivity contribution in [2.75, 3.05) is 12.8 Å². The Morgan fingerprint density at radius 2 is 0.889 bits per heavy atom. The van der Waals surface area contributed by atoms with Crippen LogP contribution in [0.2, 0.25) is 19.6 Å². The lowest BCUT2D eigenvalue weighted by Crippen LogP contribution is -2.39. The van der Waals surface area contributed by atoms with E-state index in [4.69, 9.17) is 4.43 Å². The van der Waals surface area contributed by atoms with Crippen LogP contribution in [0, 0.1) is 11.8 Å². The van der Waals surface area contributed by atoms with Crippen LogP contribution < -0.4 is 15.9 Å². The molecule has 0 spiro atoms. The zero-order valence-corrected chi connectivity index (χ0v) is 31.6. The fourth-order valence-corrected chi connectivity index (χ4v) is 12.3. The van der Waals surface area contributed by atoms with Gasteiger partial charge in [-0.1, -0.05) is 165 Å². The lowest BCUT2D eigenvalue weighted by atomic mass is 9.91. The first-order valence-corrected chi connectivity index (χ1v) is 23.9. The molecule has 1 nitrogen and oxygen atoms in total. The SMILES string of the molecule is CCCCCCCCCCCCCCCC[C@H](C)[C@H](CO[Si](C)(C)C)C[P+](c1ccccc1)(c1ccccc1)c1ccccc1. The van der Waals surface area contributed by atoms with E-state index >= 15 is 0 Å². The first-order valence-electron chi connectivity index (χ1n) is 18.6. The van der Waals surface area contributed by atoms with Gasteiger partial charge in [0.1, 0.15) is 23.2 Å². The molecule has 3 rings (SSSR count). The minimum atomic E-state index is -1.88. The Balaban J connectivity index is 1.63. The van der Waals surface area contributed by atoms with Crippen molar-refractivity contribution in [3.63, 3.8) is 0 Å². The van der Waals surface area contributed by atoms with Crippen LogP contribution >= 0.6 is 7.26 Å². The third-order valence-electron chi connectivity index (χ3n) is 9.65. The lowest BCUT2D eigenvalue weighted by molar-refractivity contribution is 0.204. The zero-order chi connectivity index (χ0) is 32.2. The molecule has 3 aromatic rings. The smallest absolute Gasteiger partial charge is 0.183 e. The van der Waals surface area contributed by atoms with Crippen LogP contribution in [0.4, 0.5) is 0 Å². The fraction of sp³-hybridized carbons (Fsp3) is 0.571. The van der Waals surface area contributed by atoms with E-state index in [0.29, 0.717) is 11.8 Å². The molecule has 0 aliphatic carbocycles. The van der Waals surface area contributed by atoms with Crippen LogP contribution in [0.15, 0.2) is 91.0 Å². The van der Waals surface area contributed by atoms with Crippen molar-refractivity contribution in [1.82, 2.24) is 0 Å². The Hall–Kier alpha value is -1.73. The number of hydrogen-bond acceptors (Lipinski definition) is 1. The van der Waals surface area contributed by atoms with Gasteiger partial charge in [-0.25, -0.2) is 0 Å². The maximum atomic E-state index is 6.75. The average Bonchev–Trinajstić information content (AvgIpc) is 3.06. The molecule has 0 heterocycles. The minimum absolute atomic E-state index is 0.521. The Kier molecular flexibility index (Phi) is 17.8. The van der Waals surface area contributed by atoms with Gasteiger partial charge in [0.2, 0.25) is 0 Å². The predicted octanol–water partition coefficient (Wildman–Crippen LogP) is 12.0. The fourth-order valence-electron chi connectivity index (χ4n) is 6.81. The third kappa shape index (κ3) is 13.5. The van der Waals surface area contributed by atoms with E-state index in [9.17, 15) is 0 Å². The molecular weight excluding hydrogens is 580 g/mol. The van der Waals surface area contributed by atoms with Gasteiger partial charge in [0.05, 0.1) is 6.16 Å². The monoisotopic (exact) mass is 645 g/mol. The number of hydrogen-bond donors (Lipinski definition) is 0. The van der Waals surface area contributed by atoms with Gasteiger partial charge in [-0.05, 0) is 62.0 Å². The summed E-state index contributed by atoms with van der Waals surface area (Å²) >= 11 is 0. The first kappa shape index (κ1) is 37.7. The van der Waals surface area contributed by atoms with Crippen LogP contribution in [0.3, 0.4) is 0 Å². The summed E-state index contributed by atoms with van der Waals surface area (Å²) in [5, 5.41) is 4.47. The van der Waals surface area contributed by atoms with Gasteiger partial charge in [0, 0.05) is 12.5 Å². The molecule has 0 radical (unpaired) electrons. The summed E-state index contributed by atoms with van der Waals surface area (Å²) in [6.45, 7) is 12.7. The lowest BCUT2D eigenvalue weighted by Gasteiger charge is -2.34. The van der Waals surface area contributed by atoms with Crippen molar-refractivity contribution >= 4 is 31.5 Å². The van der Waals surface area contributed by atoms with Gasteiger partial charge in [-0.2, -0.15) is 0 Å². The van der Waals surface area contributed by atoms with Crippen LogP contribution in [0.5, 0.6) is 0 Å². The highest BCUT2D eigenvalue weighted by molar-refractivity contribution is 7.95. The summed E-state index contributed by atoms with van der Waals surface area (Å²) in [4.78, 5) is 0. The van der Waals surface area contributed by atoms with E-state index in [1.54, 1.807) is 0 Å². The summed E-state index contributed by atoms with van der Waals surface area (Å²) in [7, 11) is -3.52. The van der Waals surface area contributed by atoms with Gasteiger partial charge in [0.25, 0.3) is 0 Å². The van der Waals surface area contributed by atoms with E-state index in [2.05, 4.69) is 124 Å². The molecule has 3 heteroatoms. The van der Waals surface area contributed by atoms with Gasteiger partial charge in [-0.15, -0.1) is 0 Å². The molecule has 0 unspecified atom stereocenters. The maximum Gasteiger partial charge on any atom is 0.183 e. The van der Waals surface area contributed by atoms with Crippen LogP contribution in [-0.2, 0) is 4.43 Å². The van der Waals surface area contributed by atoms with Crippen molar-refractivity contribution < 1.29 is 4.43 Å². The Morgan fingerprint density at radius 3 is 1.24 bits per heavy atom. The topological polar surface area (TPSA) is 9.23 Å². The Labute approximate surface area is 280 Å². The second-order valence-electron chi connectivity index (χ2n) is 14.5. The van der Waals surface area contributed by atoms with E-state index in [1.165, 1.54) is 112 Å². The summed E-state index contributed by atoms with van der Waals surface area (Å²) < 4.78 is 6.75.